The maximum atomic E-state index is 13.0. The summed E-state index contributed by atoms with van der Waals surface area (Å²) in [7, 11) is 0. The van der Waals surface area contributed by atoms with Gasteiger partial charge in [-0.3, -0.25) is 19.4 Å². The summed E-state index contributed by atoms with van der Waals surface area (Å²) < 4.78 is 0. The van der Waals surface area contributed by atoms with Gasteiger partial charge in [-0.05, 0) is 36.2 Å². The molecule has 0 atom stereocenters. The summed E-state index contributed by atoms with van der Waals surface area (Å²) in [4.78, 5) is 50.2. The van der Waals surface area contributed by atoms with Crippen molar-refractivity contribution in [2.24, 2.45) is 0 Å². The van der Waals surface area contributed by atoms with Crippen LogP contribution in [-0.4, -0.2) is 44.8 Å². The van der Waals surface area contributed by atoms with Crippen LogP contribution in [0.5, 0.6) is 0 Å². The molecule has 0 saturated carbocycles. The molecule has 0 aliphatic rings. The summed E-state index contributed by atoms with van der Waals surface area (Å²) in [6.07, 6.45) is 3.70. The normalized spacial score (nSPS) is 10.7. The number of amides is 2. The molecule has 0 fully saturated rings. The fourth-order valence-electron chi connectivity index (χ4n) is 3.48. The average Bonchev–Trinajstić information content (AvgIpc) is 2.86. The monoisotopic (exact) mass is 441 g/mol. The second-order valence-electron chi connectivity index (χ2n) is 7.50. The van der Waals surface area contributed by atoms with Gasteiger partial charge in [-0.25, -0.2) is 4.98 Å². The minimum absolute atomic E-state index is 0.0359. The van der Waals surface area contributed by atoms with Gasteiger partial charge < -0.3 is 15.2 Å². The Morgan fingerprint density at radius 2 is 1.76 bits per heavy atom. The number of carbonyl (C=O) groups is 2. The zero-order chi connectivity index (χ0) is 23.0. The van der Waals surface area contributed by atoms with Gasteiger partial charge in [-0.2, -0.15) is 0 Å². The lowest BCUT2D eigenvalue weighted by molar-refractivity contribution is 0.0740. The van der Waals surface area contributed by atoms with Crippen LogP contribution in [0.15, 0.2) is 83.9 Å². The van der Waals surface area contributed by atoms with Crippen molar-refractivity contribution in [1.29, 1.82) is 0 Å². The predicted molar refractivity (Wildman–Crippen MR) is 125 cm³/mol. The van der Waals surface area contributed by atoms with Gasteiger partial charge in [-0.1, -0.05) is 42.5 Å². The number of nitrogens with one attached hydrogen (secondary N) is 2. The topological polar surface area (TPSA) is 108 Å². The summed E-state index contributed by atoms with van der Waals surface area (Å²) in [5, 5.41) is 3.20. The number of hydrogen-bond acceptors (Lipinski definition) is 5. The number of carbonyl (C=O) groups excluding carboxylic acids is 2. The Morgan fingerprint density at radius 1 is 0.970 bits per heavy atom. The van der Waals surface area contributed by atoms with E-state index in [0.717, 1.165) is 5.56 Å². The molecule has 2 N–H and O–H groups in total. The fraction of sp³-hybridized carbons (Fsp3) is 0.160. The van der Waals surface area contributed by atoms with E-state index in [0.29, 0.717) is 42.5 Å². The minimum atomic E-state index is -0.467. The Bertz CT molecular complexity index is 1310. The van der Waals surface area contributed by atoms with Crippen molar-refractivity contribution >= 4 is 22.7 Å². The standard InChI is InChI=1S/C25H23N5O3/c31-23-20-11-4-5-12-21(20)28-22(29-23)24(32)27-14-7-15-30(17-18-8-2-1-3-9-18)25(33)19-10-6-13-26-16-19/h1-6,8-13,16H,7,14-15,17H2,(H,27,32)(H,28,29,31). The van der Waals surface area contributed by atoms with E-state index in [1.54, 1.807) is 53.7 Å². The molecule has 8 nitrogen and oxygen atoms in total. The number of nitrogens with zero attached hydrogens (tertiary/aromatic N) is 3. The maximum Gasteiger partial charge on any atom is 0.287 e. The molecule has 2 heterocycles. The Balaban J connectivity index is 1.39. The summed E-state index contributed by atoms with van der Waals surface area (Å²) in [6, 6.07) is 20.0. The second kappa shape index (κ2) is 10.3. The molecular formula is C25H23N5O3. The molecule has 4 rings (SSSR count). The third kappa shape index (κ3) is 5.48. The first-order chi connectivity index (χ1) is 16.1. The van der Waals surface area contributed by atoms with Crippen LogP contribution >= 0.6 is 0 Å². The number of fused-ring (bicyclic) bond motifs is 1. The highest BCUT2D eigenvalue weighted by Crippen LogP contribution is 2.10. The third-order valence-corrected chi connectivity index (χ3v) is 5.13. The summed E-state index contributed by atoms with van der Waals surface area (Å²) >= 11 is 0. The number of benzene rings is 2. The molecule has 0 unspecified atom stereocenters. The van der Waals surface area contributed by atoms with E-state index in [4.69, 9.17) is 0 Å². The first-order valence-electron chi connectivity index (χ1n) is 10.6. The molecule has 8 heteroatoms. The zero-order valence-electron chi connectivity index (χ0n) is 17.9. The van der Waals surface area contributed by atoms with E-state index in [1.807, 2.05) is 30.3 Å². The molecule has 2 aromatic carbocycles. The van der Waals surface area contributed by atoms with Crippen LogP contribution in [0.25, 0.3) is 10.9 Å². The minimum Gasteiger partial charge on any atom is -0.349 e. The molecule has 4 aromatic rings. The molecule has 0 saturated heterocycles. The van der Waals surface area contributed by atoms with Crippen molar-refractivity contribution in [3.63, 3.8) is 0 Å². The van der Waals surface area contributed by atoms with E-state index in [2.05, 4.69) is 20.3 Å². The van der Waals surface area contributed by atoms with Gasteiger partial charge in [0.25, 0.3) is 17.4 Å². The third-order valence-electron chi connectivity index (χ3n) is 5.13. The highest BCUT2D eigenvalue weighted by Gasteiger charge is 2.17. The van der Waals surface area contributed by atoms with Gasteiger partial charge in [0.15, 0.2) is 5.82 Å². The molecule has 0 bridgehead atoms. The summed E-state index contributed by atoms with van der Waals surface area (Å²) in [6.45, 7) is 1.20. The number of H-pyrrole nitrogens is 1. The Labute approximate surface area is 190 Å². The van der Waals surface area contributed by atoms with Crippen LogP contribution in [0, 0.1) is 0 Å². The summed E-state index contributed by atoms with van der Waals surface area (Å²) in [5.41, 5.74) is 1.62. The van der Waals surface area contributed by atoms with Crippen molar-refractivity contribution in [3.8, 4) is 0 Å². The number of hydrogen-bond donors (Lipinski definition) is 2. The van der Waals surface area contributed by atoms with Gasteiger partial charge in [0, 0.05) is 32.0 Å². The summed E-state index contributed by atoms with van der Waals surface area (Å²) in [5.74, 6) is -0.629. The molecule has 2 aromatic heterocycles. The lowest BCUT2D eigenvalue weighted by Crippen LogP contribution is -2.34. The molecule has 0 aliphatic carbocycles. The molecular weight excluding hydrogens is 418 g/mol. The number of rotatable bonds is 8. The maximum absolute atomic E-state index is 13.0. The van der Waals surface area contributed by atoms with Gasteiger partial charge in [0.2, 0.25) is 0 Å². The zero-order valence-corrected chi connectivity index (χ0v) is 17.9. The molecule has 2 amide bonds. The highest BCUT2D eigenvalue weighted by molar-refractivity contribution is 5.94. The van der Waals surface area contributed by atoms with Crippen LogP contribution < -0.4 is 10.9 Å². The van der Waals surface area contributed by atoms with Crippen molar-refractivity contribution in [2.75, 3.05) is 13.1 Å². The number of aromatic amines is 1. The smallest absolute Gasteiger partial charge is 0.287 e. The molecule has 0 aliphatic heterocycles. The van der Waals surface area contributed by atoms with Crippen LogP contribution in [0.2, 0.25) is 0 Å². The predicted octanol–water partition coefficient (Wildman–Crippen LogP) is 2.78. The Kier molecular flexibility index (Phi) is 6.84. The van der Waals surface area contributed by atoms with E-state index < -0.39 is 5.91 Å². The van der Waals surface area contributed by atoms with E-state index in [1.165, 1.54) is 0 Å². The lowest BCUT2D eigenvalue weighted by Gasteiger charge is -2.23. The van der Waals surface area contributed by atoms with Gasteiger partial charge >= 0.3 is 0 Å². The average molecular weight is 441 g/mol. The Hall–Kier alpha value is -4.33. The van der Waals surface area contributed by atoms with Crippen molar-refractivity contribution in [3.05, 3.63) is 106 Å². The van der Waals surface area contributed by atoms with E-state index in [9.17, 15) is 14.4 Å². The largest absolute Gasteiger partial charge is 0.349 e. The Morgan fingerprint density at radius 3 is 2.55 bits per heavy atom. The van der Waals surface area contributed by atoms with Crippen LogP contribution in [0.1, 0.15) is 33.0 Å². The van der Waals surface area contributed by atoms with Gasteiger partial charge in [0.1, 0.15) is 0 Å². The SMILES string of the molecule is O=C(NCCCN(Cc1ccccc1)C(=O)c1cccnc1)c1nc2ccccc2c(=O)[nH]1. The van der Waals surface area contributed by atoms with Crippen LogP contribution in [-0.2, 0) is 6.54 Å². The molecule has 0 radical (unpaired) electrons. The van der Waals surface area contributed by atoms with Crippen molar-refractivity contribution in [1.82, 2.24) is 25.2 Å². The quantitative estimate of drug-likeness (QED) is 0.409. The fourth-order valence-corrected chi connectivity index (χ4v) is 3.48. The first kappa shape index (κ1) is 21.9. The second-order valence-corrected chi connectivity index (χ2v) is 7.50. The first-order valence-corrected chi connectivity index (χ1v) is 10.6. The van der Waals surface area contributed by atoms with Crippen LogP contribution in [0.3, 0.4) is 0 Å². The number of pyridine rings is 1. The molecule has 33 heavy (non-hydrogen) atoms. The number of aromatic nitrogens is 3. The van der Waals surface area contributed by atoms with E-state index in [-0.39, 0.29) is 17.3 Å². The van der Waals surface area contributed by atoms with Crippen molar-refractivity contribution in [2.45, 2.75) is 13.0 Å². The van der Waals surface area contributed by atoms with Crippen molar-refractivity contribution < 1.29 is 9.59 Å². The highest BCUT2D eigenvalue weighted by atomic mass is 16.2. The van der Waals surface area contributed by atoms with Gasteiger partial charge in [-0.15, -0.1) is 0 Å². The molecule has 166 valence electrons. The van der Waals surface area contributed by atoms with E-state index >= 15 is 0 Å². The molecule has 0 spiro atoms. The van der Waals surface area contributed by atoms with Gasteiger partial charge in [0.05, 0.1) is 16.5 Å². The van der Waals surface area contributed by atoms with Crippen LogP contribution in [0.4, 0.5) is 0 Å². The number of para-hydroxylation sites is 1. The lowest BCUT2D eigenvalue weighted by atomic mass is 10.1.